The maximum Gasteiger partial charge on any atom is 0.338 e. The van der Waals surface area contributed by atoms with Crippen LogP contribution in [-0.2, 0) is 14.3 Å². The fourth-order valence-electron chi connectivity index (χ4n) is 2.86. The number of thiophene rings is 1. The molecule has 158 valence electrons. The van der Waals surface area contributed by atoms with Crippen LogP contribution in [0.5, 0.6) is 5.75 Å². The van der Waals surface area contributed by atoms with Crippen LogP contribution >= 0.6 is 11.3 Å². The predicted octanol–water partition coefficient (Wildman–Crippen LogP) is 0.754. The van der Waals surface area contributed by atoms with E-state index in [1.54, 1.807) is 15.9 Å². The van der Waals surface area contributed by atoms with Gasteiger partial charge in [0.15, 0.2) is 13.2 Å². The minimum atomic E-state index is -0.642. The summed E-state index contributed by atoms with van der Waals surface area (Å²) in [5, 5.41) is 1.85. The average Bonchev–Trinajstić information content (AvgIpc) is 3.30. The number of hydrogen-bond donors (Lipinski definition) is 1. The number of hydrogen-bond acceptors (Lipinski definition) is 7. The van der Waals surface area contributed by atoms with Gasteiger partial charge in [0.05, 0.1) is 10.4 Å². The summed E-state index contributed by atoms with van der Waals surface area (Å²) in [7, 11) is 0. The molecule has 10 heteroatoms. The van der Waals surface area contributed by atoms with Gasteiger partial charge in [-0.1, -0.05) is 6.07 Å². The van der Waals surface area contributed by atoms with Gasteiger partial charge in [0, 0.05) is 26.2 Å². The van der Waals surface area contributed by atoms with Gasteiger partial charge in [0.2, 0.25) is 0 Å². The second kappa shape index (κ2) is 9.88. The summed E-state index contributed by atoms with van der Waals surface area (Å²) in [5.74, 6) is -1.21. The molecule has 1 fully saturated rings. The smallest absolute Gasteiger partial charge is 0.338 e. The Bertz CT molecular complexity index is 905. The van der Waals surface area contributed by atoms with E-state index in [1.807, 2.05) is 11.4 Å². The fraction of sp³-hybridized carbons (Fsp3) is 0.300. The number of esters is 1. The van der Waals surface area contributed by atoms with Crippen molar-refractivity contribution < 1.29 is 28.7 Å². The fourth-order valence-corrected chi connectivity index (χ4v) is 3.55. The summed E-state index contributed by atoms with van der Waals surface area (Å²) in [5.41, 5.74) is 5.25. The lowest BCUT2D eigenvalue weighted by Crippen LogP contribution is -2.51. The van der Waals surface area contributed by atoms with E-state index in [9.17, 15) is 19.2 Å². The zero-order valence-electron chi connectivity index (χ0n) is 16.1. The number of nitrogens with two attached hydrogens (primary N) is 1. The van der Waals surface area contributed by atoms with E-state index in [4.69, 9.17) is 15.2 Å². The Morgan fingerprint density at radius 3 is 2.20 bits per heavy atom. The van der Waals surface area contributed by atoms with Crippen LogP contribution in [0.4, 0.5) is 0 Å². The summed E-state index contributed by atoms with van der Waals surface area (Å²) in [6.07, 6.45) is 0. The molecular weight excluding hydrogens is 410 g/mol. The first-order chi connectivity index (χ1) is 14.4. The van der Waals surface area contributed by atoms with Crippen LogP contribution < -0.4 is 10.5 Å². The molecule has 0 bridgehead atoms. The molecule has 30 heavy (non-hydrogen) atoms. The van der Waals surface area contributed by atoms with Gasteiger partial charge >= 0.3 is 5.97 Å². The first-order valence-corrected chi connectivity index (χ1v) is 10.1. The SMILES string of the molecule is NC(=O)COc1ccc(C(=O)OCC(=O)N2CCN(C(=O)c3cccs3)CC2)cc1. The summed E-state index contributed by atoms with van der Waals surface area (Å²) >= 11 is 1.39. The maximum absolute atomic E-state index is 12.3. The van der Waals surface area contributed by atoms with Crippen molar-refractivity contribution in [2.24, 2.45) is 5.73 Å². The normalized spacial score (nSPS) is 13.6. The zero-order chi connectivity index (χ0) is 21.5. The van der Waals surface area contributed by atoms with Crippen LogP contribution in [0.3, 0.4) is 0 Å². The summed E-state index contributed by atoms with van der Waals surface area (Å²) < 4.78 is 10.2. The van der Waals surface area contributed by atoms with Crippen molar-refractivity contribution in [3.05, 3.63) is 52.2 Å². The van der Waals surface area contributed by atoms with Gasteiger partial charge < -0.3 is 25.0 Å². The Labute approximate surface area is 177 Å². The average molecular weight is 431 g/mol. The molecule has 0 spiro atoms. The number of piperazine rings is 1. The van der Waals surface area contributed by atoms with E-state index in [1.165, 1.54) is 35.6 Å². The lowest BCUT2D eigenvalue weighted by atomic mass is 10.2. The second-order valence-electron chi connectivity index (χ2n) is 6.51. The Morgan fingerprint density at radius 1 is 0.933 bits per heavy atom. The third-order valence-electron chi connectivity index (χ3n) is 4.45. The van der Waals surface area contributed by atoms with E-state index < -0.39 is 11.9 Å². The van der Waals surface area contributed by atoms with Gasteiger partial charge in [-0.2, -0.15) is 0 Å². The Morgan fingerprint density at radius 2 is 1.60 bits per heavy atom. The third kappa shape index (κ3) is 5.57. The highest BCUT2D eigenvalue weighted by Crippen LogP contribution is 2.15. The first kappa shape index (κ1) is 21.3. The standard InChI is InChI=1S/C20H21N3O6S/c21-17(24)12-28-15-5-3-14(4-6-15)20(27)29-13-18(25)22-7-9-23(10-8-22)19(26)16-2-1-11-30-16/h1-6,11H,7-10,12-13H2,(H2,21,24). The number of nitrogens with zero attached hydrogens (tertiary/aromatic N) is 2. The van der Waals surface area contributed by atoms with Crippen LogP contribution in [0.1, 0.15) is 20.0 Å². The molecule has 2 N–H and O–H groups in total. The van der Waals surface area contributed by atoms with E-state index in [0.29, 0.717) is 36.8 Å². The molecule has 0 aliphatic carbocycles. The number of carbonyl (C=O) groups is 4. The van der Waals surface area contributed by atoms with Crippen molar-refractivity contribution in [3.8, 4) is 5.75 Å². The topological polar surface area (TPSA) is 119 Å². The molecule has 1 aromatic carbocycles. The Kier molecular flexibility index (Phi) is 7.02. The summed E-state index contributed by atoms with van der Waals surface area (Å²) in [4.78, 5) is 51.5. The van der Waals surface area contributed by atoms with Gasteiger partial charge in [-0.25, -0.2) is 4.79 Å². The van der Waals surface area contributed by atoms with Crippen molar-refractivity contribution in [2.45, 2.75) is 0 Å². The minimum Gasteiger partial charge on any atom is -0.484 e. The van der Waals surface area contributed by atoms with Crippen molar-refractivity contribution >= 4 is 35.0 Å². The van der Waals surface area contributed by atoms with Crippen LogP contribution in [0.25, 0.3) is 0 Å². The molecule has 0 radical (unpaired) electrons. The summed E-state index contributed by atoms with van der Waals surface area (Å²) in [6.45, 7) is 1.01. The van der Waals surface area contributed by atoms with Crippen molar-refractivity contribution in [2.75, 3.05) is 39.4 Å². The quantitative estimate of drug-likeness (QED) is 0.647. The number of rotatable bonds is 7. The number of amides is 3. The van der Waals surface area contributed by atoms with E-state index in [-0.39, 0.29) is 30.6 Å². The number of primary amides is 1. The highest BCUT2D eigenvalue weighted by atomic mass is 32.1. The maximum atomic E-state index is 12.3. The van der Waals surface area contributed by atoms with Gasteiger partial charge in [0.25, 0.3) is 17.7 Å². The van der Waals surface area contributed by atoms with Crippen LogP contribution in [0.2, 0.25) is 0 Å². The molecule has 2 aromatic rings. The van der Waals surface area contributed by atoms with Gasteiger partial charge in [0.1, 0.15) is 5.75 Å². The molecule has 3 rings (SSSR count). The van der Waals surface area contributed by atoms with Crippen LogP contribution in [-0.4, -0.2) is 72.9 Å². The molecule has 0 atom stereocenters. The van der Waals surface area contributed by atoms with Crippen LogP contribution in [0.15, 0.2) is 41.8 Å². The Balaban J connectivity index is 1.42. The molecule has 3 amide bonds. The van der Waals surface area contributed by atoms with Crippen molar-refractivity contribution in [1.29, 1.82) is 0 Å². The predicted molar refractivity (Wildman–Crippen MR) is 108 cm³/mol. The minimum absolute atomic E-state index is 0.0354. The second-order valence-corrected chi connectivity index (χ2v) is 7.45. The lowest BCUT2D eigenvalue weighted by molar-refractivity contribution is -0.136. The van der Waals surface area contributed by atoms with Crippen molar-refractivity contribution in [3.63, 3.8) is 0 Å². The third-order valence-corrected chi connectivity index (χ3v) is 5.31. The highest BCUT2D eigenvalue weighted by Gasteiger charge is 2.25. The number of carbonyl (C=O) groups excluding carboxylic acids is 4. The first-order valence-electron chi connectivity index (χ1n) is 9.23. The Hall–Kier alpha value is -3.40. The highest BCUT2D eigenvalue weighted by molar-refractivity contribution is 7.12. The van der Waals surface area contributed by atoms with E-state index >= 15 is 0 Å². The summed E-state index contributed by atoms with van der Waals surface area (Å²) in [6, 6.07) is 9.56. The molecule has 2 heterocycles. The molecule has 1 aliphatic heterocycles. The number of ether oxygens (including phenoxy) is 2. The molecule has 1 saturated heterocycles. The molecule has 9 nitrogen and oxygen atoms in total. The monoisotopic (exact) mass is 431 g/mol. The van der Waals surface area contributed by atoms with E-state index in [0.717, 1.165) is 0 Å². The molecule has 1 aromatic heterocycles. The molecule has 0 saturated carbocycles. The molecule has 0 unspecified atom stereocenters. The van der Waals surface area contributed by atoms with Crippen LogP contribution in [0, 0.1) is 0 Å². The largest absolute Gasteiger partial charge is 0.484 e. The van der Waals surface area contributed by atoms with Gasteiger partial charge in [-0.3, -0.25) is 14.4 Å². The molecular formula is C20H21N3O6S. The van der Waals surface area contributed by atoms with E-state index in [2.05, 4.69) is 0 Å². The number of benzene rings is 1. The van der Waals surface area contributed by atoms with Gasteiger partial charge in [-0.15, -0.1) is 11.3 Å². The van der Waals surface area contributed by atoms with Crippen molar-refractivity contribution in [1.82, 2.24) is 9.80 Å². The zero-order valence-corrected chi connectivity index (χ0v) is 16.9. The van der Waals surface area contributed by atoms with Gasteiger partial charge in [-0.05, 0) is 35.7 Å². The molecule has 1 aliphatic rings. The lowest BCUT2D eigenvalue weighted by Gasteiger charge is -2.34.